The van der Waals surface area contributed by atoms with E-state index in [4.69, 9.17) is 16.3 Å². The standard InChI is InChI=1S/C16H16ClFN4O2/c1-8(2)24-15(23)12-9(3)21-16-19-7-20-22(16)14(12)13-10(17)5-4-6-11(13)18/h4-8,12,14H,3H2,1-2H3,(H,19,20,21). The number of benzene rings is 1. The maximum Gasteiger partial charge on any atom is 0.317 e. The molecule has 3 rings (SSSR count). The summed E-state index contributed by atoms with van der Waals surface area (Å²) in [7, 11) is 0. The minimum absolute atomic E-state index is 0.152. The average molecular weight is 351 g/mol. The number of aromatic nitrogens is 3. The van der Waals surface area contributed by atoms with E-state index in [9.17, 15) is 9.18 Å². The molecule has 0 saturated heterocycles. The van der Waals surface area contributed by atoms with Crippen molar-refractivity contribution in [2.24, 2.45) is 5.92 Å². The zero-order valence-corrected chi connectivity index (χ0v) is 13.9. The number of hydrogen-bond donors (Lipinski definition) is 1. The van der Waals surface area contributed by atoms with Gasteiger partial charge in [-0.15, -0.1) is 0 Å². The summed E-state index contributed by atoms with van der Waals surface area (Å²) in [6, 6.07) is 3.51. The third-order valence-electron chi connectivity index (χ3n) is 3.70. The van der Waals surface area contributed by atoms with Crippen LogP contribution in [0.25, 0.3) is 0 Å². The van der Waals surface area contributed by atoms with Crippen LogP contribution in [0.3, 0.4) is 0 Å². The number of rotatable bonds is 3. The van der Waals surface area contributed by atoms with Gasteiger partial charge in [0.25, 0.3) is 0 Å². The van der Waals surface area contributed by atoms with E-state index in [2.05, 4.69) is 22.0 Å². The number of esters is 1. The van der Waals surface area contributed by atoms with E-state index >= 15 is 0 Å². The van der Waals surface area contributed by atoms with Crippen molar-refractivity contribution in [3.8, 4) is 0 Å². The number of ether oxygens (including phenoxy) is 1. The van der Waals surface area contributed by atoms with Crippen molar-refractivity contribution in [3.63, 3.8) is 0 Å². The number of hydrogen-bond acceptors (Lipinski definition) is 5. The molecule has 0 aliphatic carbocycles. The molecule has 1 N–H and O–H groups in total. The molecule has 1 aromatic carbocycles. The first-order chi connectivity index (χ1) is 11.4. The number of halogens is 2. The minimum atomic E-state index is -0.893. The number of carbonyl (C=O) groups is 1. The Morgan fingerprint density at radius 3 is 2.92 bits per heavy atom. The van der Waals surface area contributed by atoms with Crippen LogP contribution in [-0.4, -0.2) is 26.8 Å². The van der Waals surface area contributed by atoms with Gasteiger partial charge in [0.1, 0.15) is 24.1 Å². The summed E-state index contributed by atoms with van der Waals surface area (Å²) < 4.78 is 21.3. The van der Waals surface area contributed by atoms with Crippen LogP contribution < -0.4 is 5.32 Å². The van der Waals surface area contributed by atoms with E-state index < -0.39 is 23.7 Å². The average Bonchev–Trinajstić information content (AvgIpc) is 2.93. The molecule has 2 unspecified atom stereocenters. The van der Waals surface area contributed by atoms with E-state index in [1.165, 1.54) is 23.1 Å². The Morgan fingerprint density at radius 2 is 2.25 bits per heavy atom. The Bertz CT molecular complexity index is 785. The van der Waals surface area contributed by atoms with Crippen molar-refractivity contribution in [1.29, 1.82) is 0 Å². The fourth-order valence-electron chi connectivity index (χ4n) is 2.76. The molecule has 0 bridgehead atoms. The van der Waals surface area contributed by atoms with Crippen molar-refractivity contribution < 1.29 is 13.9 Å². The Morgan fingerprint density at radius 1 is 1.50 bits per heavy atom. The molecule has 24 heavy (non-hydrogen) atoms. The molecule has 1 aromatic heterocycles. The second-order valence-corrected chi connectivity index (χ2v) is 6.13. The minimum Gasteiger partial charge on any atom is -0.462 e. The predicted octanol–water partition coefficient (Wildman–Crippen LogP) is 3.17. The molecule has 126 valence electrons. The summed E-state index contributed by atoms with van der Waals surface area (Å²) in [6.07, 6.45) is 0.993. The molecule has 6 nitrogen and oxygen atoms in total. The first-order valence-electron chi connectivity index (χ1n) is 7.40. The van der Waals surface area contributed by atoms with Gasteiger partial charge in [0.2, 0.25) is 5.95 Å². The number of anilines is 1. The second kappa shape index (κ2) is 6.24. The summed E-state index contributed by atoms with van der Waals surface area (Å²) in [5.74, 6) is -1.60. The number of fused-ring (bicyclic) bond motifs is 1. The van der Waals surface area contributed by atoms with Gasteiger partial charge in [-0.2, -0.15) is 10.1 Å². The SMILES string of the molecule is C=C1Nc2ncnn2C(c2c(F)cccc2Cl)C1C(=O)OC(C)C. The molecule has 0 amide bonds. The lowest BCUT2D eigenvalue weighted by molar-refractivity contribution is -0.152. The van der Waals surface area contributed by atoms with Crippen LogP contribution in [0.2, 0.25) is 5.02 Å². The molecule has 1 aliphatic heterocycles. The number of nitrogens with zero attached hydrogens (tertiary/aromatic N) is 3. The molecule has 0 saturated carbocycles. The lowest BCUT2D eigenvalue weighted by Crippen LogP contribution is -2.39. The van der Waals surface area contributed by atoms with Gasteiger partial charge in [-0.25, -0.2) is 9.07 Å². The normalized spacial score (nSPS) is 19.8. The molecule has 2 heterocycles. The lowest BCUT2D eigenvalue weighted by Gasteiger charge is -2.34. The maximum absolute atomic E-state index is 14.5. The van der Waals surface area contributed by atoms with Gasteiger partial charge >= 0.3 is 5.97 Å². The highest BCUT2D eigenvalue weighted by molar-refractivity contribution is 6.31. The van der Waals surface area contributed by atoms with Crippen LogP contribution in [0, 0.1) is 11.7 Å². The highest BCUT2D eigenvalue weighted by atomic mass is 35.5. The summed E-state index contributed by atoms with van der Waals surface area (Å²) in [4.78, 5) is 16.7. The van der Waals surface area contributed by atoms with Gasteiger partial charge in [0.15, 0.2) is 0 Å². The van der Waals surface area contributed by atoms with Crippen LogP contribution in [-0.2, 0) is 9.53 Å². The number of carbonyl (C=O) groups excluding carboxylic acids is 1. The van der Waals surface area contributed by atoms with Crippen molar-refractivity contribution in [2.45, 2.75) is 26.0 Å². The molecule has 0 radical (unpaired) electrons. The van der Waals surface area contributed by atoms with E-state index in [1.807, 2.05) is 0 Å². The molecule has 8 heteroatoms. The Kier molecular flexibility index (Phi) is 4.28. The van der Waals surface area contributed by atoms with E-state index in [-0.39, 0.29) is 16.7 Å². The summed E-state index contributed by atoms with van der Waals surface area (Å²) in [5, 5.41) is 7.22. The molecule has 2 atom stereocenters. The quantitative estimate of drug-likeness (QED) is 0.861. The van der Waals surface area contributed by atoms with Crippen molar-refractivity contribution in [2.75, 3.05) is 5.32 Å². The first-order valence-corrected chi connectivity index (χ1v) is 7.77. The van der Waals surface area contributed by atoms with Gasteiger partial charge < -0.3 is 10.1 Å². The van der Waals surface area contributed by atoms with Crippen LogP contribution in [0.15, 0.2) is 36.8 Å². The van der Waals surface area contributed by atoms with Gasteiger partial charge in [0, 0.05) is 16.3 Å². The molecule has 2 aromatic rings. The van der Waals surface area contributed by atoms with Gasteiger partial charge in [0.05, 0.1) is 6.10 Å². The van der Waals surface area contributed by atoms with Crippen molar-refractivity contribution >= 4 is 23.5 Å². The largest absolute Gasteiger partial charge is 0.462 e. The monoisotopic (exact) mass is 350 g/mol. The number of nitrogens with one attached hydrogen (secondary N) is 1. The molecular weight excluding hydrogens is 335 g/mol. The predicted molar refractivity (Wildman–Crippen MR) is 87.1 cm³/mol. The third kappa shape index (κ3) is 2.75. The van der Waals surface area contributed by atoms with Gasteiger partial charge in [-0.05, 0) is 26.0 Å². The second-order valence-electron chi connectivity index (χ2n) is 5.72. The smallest absolute Gasteiger partial charge is 0.317 e. The summed E-state index contributed by atoms with van der Waals surface area (Å²) in [6.45, 7) is 7.36. The van der Waals surface area contributed by atoms with E-state index in [0.717, 1.165) is 0 Å². The fourth-order valence-corrected chi connectivity index (χ4v) is 3.03. The van der Waals surface area contributed by atoms with Gasteiger partial charge in [-0.3, -0.25) is 4.79 Å². The molecular formula is C16H16ClFN4O2. The lowest BCUT2D eigenvalue weighted by atomic mass is 9.89. The highest BCUT2D eigenvalue weighted by Crippen LogP contribution is 2.41. The van der Waals surface area contributed by atoms with Gasteiger partial charge in [-0.1, -0.05) is 24.2 Å². The summed E-state index contributed by atoms with van der Waals surface area (Å²) in [5.41, 5.74) is 0.504. The van der Waals surface area contributed by atoms with E-state index in [0.29, 0.717) is 11.6 Å². The molecule has 0 fully saturated rings. The Hall–Kier alpha value is -2.41. The Balaban J connectivity index is 2.17. The fraction of sp³-hybridized carbons (Fsp3) is 0.312. The van der Waals surface area contributed by atoms with Crippen LogP contribution in [0.5, 0.6) is 0 Å². The topological polar surface area (TPSA) is 69.0 Å². The van der Waals surface area contributed by atoms with Crippen LogP contribution in [0.4, 0.5) is 10.3 Å². The summed E-state index contributed by atoms with van der Waals surface area (Å²) >= 11 is 6.22. The zero-order valence-electron chi connectivity index (χ0n) is 13.2. The first kappa shape index (κ1) is 16.4. The van der Waals surface area contributed by atoms with Crippen molar-refractivity contribution in [3.05, 3.63) is 53.2 Å². The van der Waals surface area contributed by atoms with Crippen LogP contribution >= 0.6 is 11.6 Å². The Labute approximate surface area is 143 Å². The molecule has 1 aliphatic rings. The van der Waals surface area contributed by atoms with E-state index in [1.54, 1.807) is 19.9 Å². The maximum atomic E-state index is 14.5. The van der Waals surface area contributed by atoms with Crippen LogP contribution in [0.1, 0.15) is 25.5 Å². The highest BCUT2D eigenvalue weighted by Gasteiger charge is 2.42. The molecule has 0 spiro atoms. The van der Waals surface area contributed by atoms with Crippen molar-refractivity contribution in [1.82, 2.24) is 14.8 Å². The zero-order chi connectivity index (χ0) is 17.4. The third-order valence-corrected chi connectivity index (χ3v) is 4.03.